The van der Waals surface area contributed by atoms with E-state index in [4.69, 9.17) is 15.0 Å². The minimum atomic E-state index is -0.700. The third-order valence-corrected chi connectivity index (χ3v) is 4.19. The summed E-state index contributed by atoms with van der Waals surface area (Å²) in [5, 5.41) is 4.11. The molecule has 0 spiro atoms. The van der Waals surface area contributed by atoms with Crippen LogP contribution in [0.3, 0.4) is 0 Å². The molecule has 1 saturated carbocycles. The number of hydrogen-bond donors (Lipinski definition) is 1. The fourth-order valence-corrected chi connectivity index (χ4v) is 3.37. The zero-order chi connectivity index (χ0) is 14.8. The Bertz CT molecular complexity index is 434. The number of aromatic nitrogens is 2. The number of rotatable bonds is 6. The Hall–Kier alpha value is -0.940. The lowest BCUT2D eigenvalue weighted by Crippen LogP contribution is -2.39. The maximum atomic E-state index is 6.19. The van der Waals surface area contributed by atoms with Gasteiger partial charge in [-0.2, -0.15) is 4.98 Å². The van der Waals surface area contributed by atoms with Crippen LogP contribution in [-0.4, -0.2) is 23.9 Å². The first-order valence-corrected chi connectivity index (χ1v) is 7.52. The summed E-state index contributed by atoms with van der Waals surface area (Å²) < 4.78 is 10.7. The molecule has 1 fully saturated rings. The van der Waals surface area contributed by atoms with Gasteiger partial charge in [-0.1, -0.05) is 31.8 Å². The van der Waals surface area contributed by atoms with Crippen molar-refractivity contribution in [1.29, 1.82) is 0 Å². The van der Waals surface area contributed by atoms with Crippen LogP contribution < -0.4 is 5.73 Å². The number of hydrogen-bond acceptors (Lipinski definition) is 5. The van der Waals surface area contributed by atoms with E-state index in [1.807, 2.05) is 6.92 Å². The van der Waals surface area contributed by atoms with Crippen LogP contribution in [0, 0.1) is 5.92 Å². The van der Waals surface area contributed by atoms with Gasteiger partial charge >= 0.3 is 0 Å². The van der Waals surface area contributed by atoms with Gasteiger partial charge in [0.2, 0.25) is 5.89 Å². The largest absolute Gasteiger partial charge is 0.382 e. The van der Waals surface area contributed by atoms with Crippen LogP contribution in [0.15, 0.2) is 4.52 Å². The third-order valence-electron chi connectivity index (χ3n) is 4.19. The van der Waals surface area contributed by atoms with Crippen LogP contribution in [0.25, 0.3) is 0 Å². The minimum absolute atomic E-state index is 0.0581. The van der Waals surface area contributed by atoms with Crippen molar-refractivity contribution in [2.45, 2.75) is 63.8 Å². The lowest BCUT2D eigenvalue weighted by Gasteiger charge is -2.26. The van der Waals surface area contributed by atoms with Gasteiger partial charge in [0, 0.05) is 12.5 Å². The zero-order valence-electron chi connectivity index (χ0n) is 13.1. The molecule has 1 heterocycles. The van der Waals surface area contributed by atoms with Gasteiger partial charge in [0.25, 0.3) is 0 Å². The molecule has 2 rings (SSSR count). The molecule has 1 aliphatic rings. The maximum Gasteiger partial charge on any atom is 0.232 e. The average molecular weight is 281 g/mol. The summed E-state index contributed by atoms with van der Waals surface area (Å²) in [6.45, 7) is 6.74. The van der Waals surface area contributed by atoms with E-state index in [0.717, 1.165) is 25.2 Å². The molecule has 0 aliphatic heterocycles. The molecular weight excluding hydrogens is 254 g/mol. The predicted octanol–water partition coefficient (Wildman–Crippen LogP) is 2.75. The Morgan fingerprint density at radius 3 is 2.60 bits per heavy atom. The highest BCUT2D eigenvalue weighted by Gasteiger charge is 2.42. The van der Waals surface area contributed by atoms with Gasteiger partial charge < -0.3 is 15.0 Å². The summed E-state index contributed by atoms with van der Waals surface area (Å²) in [7, 11) is 1.63. The number of nitrogens with two attached hydrogens (primary N) is 1. The van der Waals surface area contributed by atoms with Crippen LogP contribution in [0.4, 0.5) is 0 Å². The third kappa shape index (κ3) is 3.04. The lowest BCUT2D eigenvalue weighted by atomic mass is 9.78. The average Bonchev–Trinajstić information content (AvgIpc) is 2.96. The molecule has 1 aromatic heterocycles. The summed E-state index contributed by atoms with van der Waals surface area (Å²) >= 11 is 0. The van der Waals surface area contributed by atoms with E-state index in [1.165, 1.54) is 12.8 Å². The predicted molar refractivity (Wildman–Crippen MR) is 77.3 cm³/mol. The molecule has 1 aliphatic carbocycles. The number of ether oxygens (including phenoxy) is 1. The second-order valence-electron chi connectivity index (χ2n) is 6.86. The Morgan fingerprint density at radius 2 is 2.05 bits per heavy atom. The van der Waals surface area contributed by atoms with E-state index in [9.17, 15) is 0 Å². The molecule has 20 heavy (non-hydrogen) atoms. The van der Waals surface area contributed by atoms with Crippen molar-refractivity contribution in [2.24, 2.45) is 11.7 Å². The first-order valence-electron chi connectivity index (χ1n) is 7.52. The second-order valence-corrected chi connectivity index (χ2v) is 6.86. The number of nitrogens with zero attached hydrogens (tertiary/aromatic N) is 2. The van der Waals surface area contributed by atoms with E-state index in [1.54, 1.807) is 7.11 Å². The Kier molecular flexibility index (Phi) is 4.49. The molecule has 0 saturated heterocycles. The molecule has 5 heteroatoms. The van der Waals surface area contributed by atoms with Crippen molar-refractivity contribution in [3.8, 4) is 0 Å². The fourth-order valence-electron chi connectivity index (χ4n) is 3.37. The Labute approximate surface area is 121 Å². The minimum Gasteiger partial charge on any atom is -0.382 e. The van der Waals surface area contributed by atoms with Gasteiger partial charge in [0.15, 0.2) is 5.82 Å². The Morgan fingerprint density at radius 1 is 1.40 bits per heavy atom. The first kappa shape index (κ1) is 15.4. The van der Waals surface area contributed by atoms with Crippen molar-refractivity contribution in [2.75, 3.05) is 13.7 Å². The van der Waals surface area contributed by atoms with Gasteiger partial charge in [-0.25, -0.2) is 0 Å². The summed E-state index contributed by atoms with van der Waals surface area (Å²) in [4.78, 5) is 4.62. The van der Waals surface area contributed by atoms with Crippen molar-refractivity contribution in [3.05, 3.63) is 11.7 Å². The number of methoxy groups -OCH3 is 1. The van der Waals surface area contributed by atoms with Crippen LogP contribution in [0.2, 0.25) is 0 Å². The molecule has 0 aromatic carbocycles. The molecule has 0 radical (unpaired) electrons. The fraction of sp³-hybridized carbons (Fsp3) is 0.867. The SMILES string of the molecule is COCC(C)(N)c1noc(C2(CC(C)C)CCCC2)n1. The molecule has 0 amide bonds. The van der Waals surface area contributed by atoms with Crippen LogP contribution in [0.1, 0.15) is 64.6 Å². The molecule has 114 valence electrons. The van der Waals surface area contributed by atoms with E-state index in [-0.39, 0.29) is 5.41 Å². The normalized spacial score (nSPS) is 21.3. The quantitative estimate of drug-likeness (QED) is 0.867. The zero-order valence-corrected chi connectivity index (χ0v) is 13.1. The maximum absolute atomic E-state index is 6.19. The van der Waals surface area contributed by atoms with Crippen molar-refractivity contribution in [1.82, 2.24) is 10.1 Å². The monoisotopic (exact) mass is 281 g/mol. The summed E-state index contributed by atoms with van der Waals surface area (Å²) in [6, 6.07) is 0. The van der Waals surface area contributed by atoms with Crippen LogP contribution >= 0.6 is 0 Å². The van der Waals surface area contributed by atoms with Gasteiger partial charge in [0.1, 0.15) is 5.54 Å². The van der Waals surface area contributed by atoms with E-state index < -0.39 is 5.54 Å². The standard InChI is InChI=1S/C15H27N3O2/c1-11(2)9-15(7-5-6-8-15)13-17-12(18-20-13)14(3,16)10-19-4/h11H,5-10,16H2,1-4H3. The van der Waals surface area contributed by atoms with Crippen molar-refractivity contribution >= 4 is 0 Å². The molecule has 1 aromatic rings. The highest BCUT2D eigenvalue weighted by molar-refractivity contribution is 5.11. The lowest BCUT2D eigenvalue weighted by molar-refractivity contribution is 0.134. The van der Waals surface area contributed by atoms with Gasteiger partial charge in [-0.05, 0) is 32.1 Å². The van der Waals surface area contributed by atoms with E-state index in [2.05, 4.69) is 24.0 Å². The Balaban J connectivity index is 2.26. The molecule has 2 N–H and O–H groups in total. The van der Waals surface area contributed by atoms with Crippen molar-refractivity contribution < 1.29 is 9.26 Å². The highest BCUT2D eigenvalue weighted by atomic mass is 16.5. The second kappa shape index (κ2) is 5.82. The van der Waals surface area contributed by atoms with Gasteiger partial charge in [0.05, 0.1) is 6.61 Å². The molecule has 1 atom stereocenters. The molecule has 0 bridgehead atoms. The van der Waals surface area contributed by atoms with E-state index in [0.29, 0.717) is 18.3 Å². The molecule has 1 unspecified atom stereocenters. The van der Waals surface area contributed by atoms with Gasteiger partial charge in [-0.3, -0.25) is 0 Å². The highest BCUT2D eigenvalue weighted by Crippen LogP contribution is 2.45. The summed E-state index contributed by atoms with van der Waals surface area (Å²) in [5.74, 6) is 1.93. The summed E-state index contributed by atoms with van der Waals surface area (Å²) in [5.41, 5.74) is 5.55. The topological polar surface area (TPSA) is 74.2 Å². The van der Waals surface area contributed by atoms with Crippen molar-refractivity contribution in [3.63, 3.8) is 0 Å². The summed E-state index contributed by atoms with van der Waals surface area (Å²) in [6.07, 6.45) is 5.85. The molecule has 5 nitrogen and oxygen atoms in total. The van der Waals surface area contributed by atoms with Crippen LogP contribution in [-0.2, 0) is 15.7 Å². The smallest absolute Gasteiger partial charge is 0.232 e. The van der Waals surface area contributed by atoms with E-state index >= 15 is 0 Å². The van der Waals surface area contributed by atoms with Gasteiger partial charge in [-0.15, -0.1) is 0 Å². The molecular formula is C15H27N3O2. The first-order chi connectivity index (χ1) is 9.39. The van der Waals surface area contributed by atoms with Crippen LogP contribution in [0.5, 0.6) is 0 Å².